The van der Waals surface area contributed by atoms with Gasteiger partial charge in [0, 0.05) is 18.2 Å². The Labute approximate surface area is 207 Å². The molecule has 5 rings (SSSR count). The highest BCUT2D eigenvalue weighted by molar-refractivity contribution is 6.96. The van der Waals surface area contributed by atoms with Crippen molar-refractivity contribution in [1.29, 1.82) is 0 Å². The highest BCUT2D eigenvalue weighted by Crippen LogP contribution is 2.30. The molecule has 174 valence electrons. The van der Waals surface area contributed by atoms with Crippen molar-refractivity contribution in [2.75, 3.05) is 0 Å². The largest absolute Gasteiger partial charge is 0.394 e. The van der Waals surface area contributed by atoms with E-state index in [0.29, 0.717) is 12.8 Å². The molecule has 0 unspecified atom stereocenters. The maximum absolute atomic E-state index is 13.9. The number of aromatic amines is 1. The number of carbonyl (C=O) groups is 1. The van der Waals surface area contributed by atoms with E-state index < -0.39 is 14.4 Å². The van der Waals surface area contributed by atoms with E-state index in [0.717, 1.165) is 32.4 Å². The lowest BCUT2D eigenvalue weighted by molar-refractivity contribution is -0.126. The number of H-pyrrole nitrogens is 1. The fourth-order valence-corrected chi connectivity index (χ4v) is 7.72. The fraction of sp³-hybridized carbons (Fsp3) is 0.129. The lowest BCUT2D eigenvalue weighted by Crippen LogP contribution is -2.59. The van der Waals surface area contributed by atoms with E-state index in [-0.39, 0.29) is 5.78 Å². The number of nitrogens with one attached hydrogen (secondary N) is 1. The summed E-state index contributed by atoms with van der Waals surface area (Å²) >= 11 is 0. The van der Waals surface area contributed by atoms with Crippen LogP contribution in [0.25, 0.3) is 10.9 Å². The van der Waals surface area contributed by atoms with E-state index >= 15 is 0 Å². The van der Waals surface area contributed by atoms with Crippen molar-refractivity contribution in [3.8, 4) is 0 Å². The van der Waals surface area contributed by atoms with Crippen LogP contribution in [0.2, 0.25) is 6.55 Å². The molecule has 0 fully saturated rings. The van der Waals surface area contributed by atoms with Crippen molar-refractivity contribution < 1.29 is 9.22 Å². The van der Waals surface area contributed by atoms with Gasteiger partial charge in [-0.25, -0.2) is 0 Å². The number of aryl methyl sites for hydroxylation is 1. The summed E-state index contributed by atoms with van der Waals surface area (Å²) in [7, 11) is -2.72. The van der Waals surface area contributed by atoms with Crippen molar-refractivity contribution in [1.82, 2.24) is 4.98 Å². The third-order valence-electron chi connectivity index (χ3n) is 6.70. The fourth-order valence-electron chi connectivity index (χ4n) is 4.72. The maximum atomic E-state index is 13.9. The Morgan fingerprint density at radius 2 is 1.37 bits per heavy atom. The van der Waals surface area contributed by atoms with Crippen LogP contribution in [-0.4, -0.2) is 19.1 Å². The molecular formula is C31H29NO2Si. The summed E-state index contributed by atoms with van der Waals surface area (Å²) in [6.07, 6.45) is 2.36. The number of ketones is 1. The van der Waals surface area contributed by atoms with E-state index in [1.54, 1.807) is 0 Å². The van der Waals surface area contributed by atoms with Crippen LogP contribution in [-0.2, 0) is 15.6 Å². The van der Waals surface area contributed by atoms with Crippen molar-refractivity contribution >= 4 is 35.4 Å². The molecule has 0 aliphatic heterocycles. The zero-order valence-electron chi connectivity index (χ0n) is 19.9. The molecule has 3 nitrogen and oxygen atoms in total. The number of benzene rings is 4. The number of carbonyl (C=O) groups excluding carboxylic acids is 1. The highest BCUT2D eigenvalue weighted by atomic mass is 28.4. The number of rotatable bonds is 9. The van der Waals surface area contributed by atoms with Gasteiger partial charge < -0.3 is 9.41 Å². The average Bonchev–Trinajstić information content (AvgIpc) is 3.41. The van der Waals surface area contributed by atoms with Gasteiger partial charge in [0.1, 0.15) is 6.10 Å². The van der Waals surface area contributed by atoms with Crippen LogP contribution in [0.15, 0.2) is 121 Å². The molecule has 4 heteroatoms. The summed E-state index contributed by atoms with van der Waals surface area (Å²) in [4.78, 5) is 17.3. The molecule has 1 atom stereocenters. The van der Waals surface area contributed by atoms with Crippen LogP contribution in [0.1, 0.15) is 23.7 Å². The molecular weight excluding hydrogens is 446 g/mol. The Morgan fingerprint density at radius 1 is 0.771 bits per heavy atom. The van der Waals surface area contributed by atoms with Crippen molar-refractivity contribution in [2.24, 2.45) is 0 Å². The number of para-hydroxylation sites is 1. The first-order valence-corrected chi connectivity index (χ1v) is 14.5. The van der Waals surface area contributed by atoms with Gasteiger partial charge in [0.05, 0.1) is 5.52 Å². The summed E-state index contributed by atoms with van der Waals surface area (Å²) in [5.41, 5.74) is 3.02. The molecule has 5 aromatic rings. The minimum atomic E-state index is -2.72. The molecule has 0 radical (unpaired) electrons. The first-order chi connectivity index (χ1) is 17.1. The zero-order valence-corrected chi connectivity index (χ0v) is 20.9. The normalized spacial score (nSPS) is 12.5. The van der Waals surface area contributed by atoms with Crippen LogP contribution < -0.4 is 10.4 Å². The Bertz CT molecular complexity index is 1360. The number of Topliss-reactive ketones (excluding diaryl/α,β-unsaturated/α-hetero) is 1. The predicted molar refractivity (Wildman–Crippen MR) is 146 cm³/mol. The summed E-state index contributed by atoms with van der Waals surface area (Å²) in [6.45, 7) is 2.20. The smallest absolute Gasteiger partial charge is 0.254 e. The van der Waals surface area contributed by atoms with Gasteiger partial charge in [-0.2, -0.15) is 0 Å². The summed E-state index contributed by atoms with van der Waals surface area (Å²) < 4.78 is 7.09. The van der Waals surface area contributed by atoms with Gasteiger partial charge in [0.2, 0.25) is 0 Å². The van der Waals surface area contributed by atoms with Gasteiger partial charge in [-0.1, -0.05) is 109 Å². The highest BCUT2D eigenvalue weighted by Gasteiger charge is 2.39. The van der Waals surface area contributed by atoms with E-state index in [1.165, 1.54) is 0 Å². The molecule has 0 aliphatic carbocycles. The van der Waals surface area contributed by atoms with Gasteiger partial charge in [-0.05, 0) is 40.4 Å². The van der Waals surface area contributed by atoms with E-state index in [4.69, 9.17) is 4.43 Å². The second-order valence-electron chi connectivity index (χ2n) is 9.00. The number of hydrogen-bond donors (Lipinski definition) is 1. The zero-order chi connectivity index (χ0) is 24.1. The van der Waals surface area contributed by atoms with E-state index in [2.05, 4.69) is 54.0 Å². The van der Waals surface area contributed by atoms with Crippen LogP contribution in [0.4, 0.5) is 0 Å². The van der Waals surface area contributed by atoms with Gasteiger partial charge in [0.15, 0.2) is 5.78 Å². The monoisotopic (exact) mass is 475 g/mol. The van der Waals surface area contributed by atoms with Crippen LogP contribution in [0, 0.1) is 0 Å². The van der Waals surface area contributed by atoms with Crippen LogP contribution in [0.3, 0.4) is 0 Å². The van der Waals surface area contributed by atoms with Gasteiger partial charge in [-0.3, -0.25) is 4.79 Å². The van der Waals surface area contributed by atoms with Gasteiger partial charge >= 0.3 is 0 Å². The Morgan fingerprint density at radius 3 is 2.00 bits per heavy atom. The topological polar surface area (TPSA) is 42.1 Å². The molecule has 0 saturated carbocycles. The number of hydrogen-bond acceptors (Lipinski definition) is 2. The summed E-state index contributed by atoms with van der Waals surface area (Å²) in [5, 5.41) is 3.37. The molecule has 0 bridgehead atoms. The molecule has 1 N–H and O–H groups in total. The van der Waals surface area contributed by atoms with Gasteiger partial charge in [-0.15, -0.1) is 0 Å². The molecule has 1 aromatic heterocycles. The molecule has 1 heterocycles. The Hall–Kier alpha value is -3.73. The van der Waals surface area contributed by atoms with Crippen molar-refractivity contribution in [3.63, 3.8) is 0 Å². The molecule has 0 saturated heterocycles. The minimum absolute atomic E-state index is 0.0986. The van der Waals surface area contributed by atoms with Crippen LogP contribution >= 0.6 is 0 Å². The molecule has 0 aliphatic rings. The second-order valence-corrected chi connectivity index (χ2v) is 12.5. The van der Waals surface area contributed by atoms with Crippen molar-refractivity contribution in [2.45, 2.75) is 25.5 Å². The molecule has 4 aromatic carbocycles. The van der Waals surface area contributed by atoms with E-state index in [9.17, 15) is 4.79 Å². The second kappa shape index (κ2) is 10.3. The molecule has 0 amide bonds. The number of fused-ring (bicyclic) bond motifs is 1. The minimum Gasteiger partial charge on any atom is -0.394 e. The molecule has 35 heavy (non-hydrogen) atoms. The summed E-state index contributed by atoms with van der Waals surface area (Å²) in [5.74, 6) is 0.0986. The van der Waals surface area contributed by atoms with E-state index in [1.807, 2.05) is 79.0 Å². The molecule has 0 spiro atoms. The average molecular weight is 476 g/mol. The quantitative estimate of drug-likeness (QED) is 0.273. The first kappa shape index (κ1) is 23.0. The lowest BCUT2D eigenvalue weighted by atomic mass is 9.98. The predicted octanol–water partition coefficient (Wildman–Crippen LogP) is 5.82. The standard InChI is InChI=1S/C31H29NO2Si/c1-35(26-15-7-3-8-16-26,27-17-9-4-10-18-27)34-31(28-19-11-14-25-22-23-32-30(25)28)29(33)21-20-24-12-5-2-6-13-24/h2-19,22-23,31-32H,20-21H2,1H3/t31-/m0/s1. The third kappa shape index (κ3) is 4.90. The Kier molecular flexibility index (Phi) is 6.75. The third-order valence-corrected chi connectivity index (χ3v) is 10.3. The Balaban J connectivity index is 1.57. The maximum Gasteiger partial charge on any atom is 0.254 e. The van der Waals surface area contributed by atoms with Crippen LogP contribution in [0.5, 0.6) is 0 Å². The summed E-state index contributed by atoms with van der Waals surface area (Å²) in [6, 6.07) is 39.0. The number of aromatic nitrogens is 1. The lowest BCUT2D eigenvalue weighted by Gasteiger charge is -2.33. The van der Waals surface area contributed by atoms with Crippen molar-refractivity contribution in [3.05, 3.63) is 133 Å². The van der Waals surface area contributed by atoms with Gasteiger partial charge in [0.25, 0.3) is 8.32 Å². The first-order valence-electron chi connectivity index (χ1n) is 12.1. The SMILES string of the molecule is C[Si](O[C@H](C(=O)CCc1ccccc1)c1cccc2cc[nH]c12)(c1ccccc1)c1ccccc1.